The highest BCUT2D eigenvalue weighted by Gasteiger charge is 2.20. The first-order valence-corrected chi connectivity index (χ1v) is 5.82. The molecule has 84 valence electrons. The van der Waals surface area contributed by atoms with E-state index in [9.17, 15) is 0 Å². The molecule has 1 aliphatic rings. The third-order valence-corrected chi connectivity index (χ3v) is 3.10. The maximum absolute atomic E-state index is 5.84. The van der Waals surface area contributed by atoms with Crippen LogP contribution in [0.2, 0.25) is 0 Å². The largest absolute Gasteiger partial charge is 0.322 e. The van der Waals surface area contributed by atoms with E-state index in [0.717, 1.165) is 5.82 Å². The summed E-state index contributed by atoms with van der Waals surface area (Å²) in [6.07, 6.45) is 7.61. The molecule has 0 bridgehead atoms. The van der Waals surface area contributed by atoms with Crippen molar-refractivity contribution in [2.45, 2.75) is 57.5 Å². The SMILES string of the molecule is CC(N)c1nnnn1C1CCCCCC1. The van der Waals surface area contributed by atoms with Gasteiger partial charge in [-0.3, -0.25) is 0 Å². The second-order valence-corrected chi connectivity index (χ2v) is 4.42. The van der Waals surface area contributed by atoms with Crippen LogP contribution in [0.3, 0.4) is 0 Å². The standard InChI is InChI=1S/C10H19N5/c1-8(11)10-12-13-14-15(10)9-6-4-2-3-5-7-9/h8-9H,2-7,11H2,1H3. The minimum absolute atomic E-state index is 0.0803. The zero-order chi connectivity index (χ0) is 10.7. The van der Waals surface area contributed by atoms with E-state index in [1.54, 1.807) is 0 Å². The highest BCUT2D eigenvalue weighted by molar-refractivity contribution is 4.90. The molecule has 1 atom stereocenters. The van der Waals surface area contributed by atoms with Crippen molar-refractivity contribution in [3.63, 3.8) is 0 Å². The van der Waals surface area contributed by atoms with Crippen LogP contribution < -0.4 is 5.73 Å². The lowest BCUT2D eigenvalue weighted by Crippen LogP contribution is -2.18. The molecule has 1 aliphatic carbocycles. The summed E-state index contributed by atoms with van der Waals surface area (Å²) in [6.45, 7) is 1.93. The van der Waals surface area contributed by atoms with E-state index in [4.69, 9.17) is 5.73 Å². The second kappa shape index (κ2) is 4.70. The Morgan fingerprint density at radius 1 is 1.27 bits per heavy atom. The van der Waals surface area contributed by atoms with E-state index in [2.05, 4.69) is 15.5 Å². The summed E-state index contributed by atoms with van der Waals surface area (Å²) < 4.78 is 1.94. The van der Waals surface area contributed by atoms with Crippen LogP contribution >= 0.6 is 0 Å². The Morgan fingerprint density at radius 3 is 2.53 bits per heavy atom. The van der Waals surface area contributed by atoms with E-state index in [-0.39, 0.29) is 6.04 Å². The van der Waals surface area contributed by atoms with Crippen LogP contribution in [0, 0.1) is 0 Å². The van der Waals surface area contributed by atoms with Gasteiger partial charge in [-0.05, 0) is 30.2 Å². The maximum Gasteiger partial charge on any atom is 0.167 e. The molecule has 5 nitrogen and oxygen atoms in total. The minimum atomic E-state index is -0.0803. The number of nitrogens with two attached hydrogens (primary N) is 1. The quantitative estimate of drug-likeness (QED) is 0.751. The topological polar surface area (TPSA) is 69.6 Å². The van der Waals surface area contributed by atoms with E-state index in [0.29, 0.717) is 6.04 Å². The predicted molar refractivity (Wildman–Crippen MR) is 57.2 cm³/mol. The van der Waals surface area contributed by atoms with Gasteiger partial charge in [0.15, 0.2) is 5.82 Å². The zero-order valence-electron chi connectivity index (χ0n) is 9.26. The third-order valence-electron chi connectivity index (χ3n) is 3.10. The van der Waals surface area contributed by atoms with Crippen molar-refractivity contribution in [1.82, 2.24) is 20.2 Å². The van der Waals surface area contributed by atoms with Crippen molar-refractivity contribution < 1.29 is 0 Å². The molecule has 1 aromatic heterocycles. The molecule has 0 aromatic carbocycles. The number of aromatic nitrogens is 4. The van der Waals surface area contributed by atoms with Crippen molar-refractivity contribution in [3.8, 4) is 0 Å². The van der Waals surface area contributed by atoms with Crippen LogP contribution in [0.25, 0.3) is 0 Å². The molecule has 1 unspecified atom stereocenters. The van der Waals surface area contributed by atoms with Crippen molar-refractivity contribution in [2.24, 2.45) is 5.73 Å². The third kappa shape index (κ3) is 2.34. The van der Waals surface area contributed by atoms with Gasteiger partial charge in [-0.2, -0.15) is 0 Å². The lowest BCUT2D eigenvalue weighted by molar-refractivity contribution is 0.378. The molecule has 2 rings (SSSR count). The smallest absolute Gasteiger partial charge is 0.167 e. The fraction of sp³-hybridized carbons (Fsp3) is 0.900. The van der Waals surface area contributed by atoms with Crippen LogP contribution in [0.5, 0.6) is 0 Å². The fourth-order valence-electron chi connectivity index (χ4n) is 2.26. The first-order chi connectivity index (χ1) is 7.29. The van der Waals surface area contributed by atoms with Crippen LogP contribution in [0.1, 0.15) is 63.4 Å². The molecule has 1 aromatic rings. The van der Waals surface area contributed by atoms with Gasteiger partial charge >= 0.3 is 0 Å². The summed E-state index contributed by atoms with van der Waals surface area (Å²) in [7, 11) is 0. The van der Waals surface area contributed by atoms with Gasteiger partial charge in [0.2, 0.25) is 0 Å². The normalized spacial score (nSPS) is 21.2. The lowest BCUT2D eigenvalue weighted by Gasteiger charge is -2.16. The molecule has 0 saturated heterocycles. The van der Waals surface area contributed by atoms with Crippen molar-refractivity contribution >= 4 is 0 Å². The Kier molecular flexibility index (Phi) is 3.30. The van der Waals surface area contributed by atoms with E-state index in [1.807, 2.05) is 11.6 Å². The lowest BCUT2D eigenvalue weighted by atomic mass is 10.1. The summed E-state index contributed by atoms with van der Waals surface area (Å²) >= 11 is 0. The van der Waals surface area contributed by atoms with E-state index < -0.39 is 0 Å². The van der Waals surface area contributed by atoms with E-state index in [1.165, 1.54) is 38.5 Å². The van der Waals surface area contributed by atoms with Crippen molar-refractivity contribution in [3.05, 3.63) is 5.82 Å². The van der Waals surface area contributed by atoms with Crippen molar-refractivity contribution in [1.29, 1.82) is 0 Å². The average molecular weight is 209 g/mol. The van der Waals surface area contributed by atoms with Crippen LogP contribution in [-0.4, -0.2) is 20.2 Å². The van der Waals surface area contributed by atoms with Crippen LogP contribution in [0.15, 0.2) is 0 Å². The van der Waals surface area contributed by atoms with Gasteiger partial charge in [-0.25, -0.2) is 4.68 Å². The molecule has 1 saturated carbocycles. The average Bonchev–Trinajstić information content (AvgIpc) is 2.55. The number of nitrogens with zero attached hydrogens (tertiary/aromatic N) is 4. The Morgan fingerprint density at radius 2 is 1.93 bits per heavy atom. The van der Waals surface area contributed by atoms with Gasteiger partial charge in [0.1, 0.15) is 0 Å². The summed E-state index contributed by atoms with van der Waals surface area (Å²) in [5.74, 6) is 0.821. The number of hydrogen-bond donors (Lipinski definition) is 1. The second-order valence-electron chi connectivity index (χ2n) is 4.42. The Balaban J connectivity index is 2.15. The highest BCUT2D eigenvalue weighted by atomic mass is 15.6. The summed E-state index contributed by atoms with van der Waals surface area (Å²) in [6, 6.07) is 0.381. The molecular formula is C10H19N5. The van der Waals surface area contributed by atoms with Gasteiger partial charge in [-0.1, -0.05) is 25.7 Å². The van der Waals surface area contributed by atoms with E-state index >= 15 is 0 Å². The monoisotopic (exact) mass is 209 g/mol. The van der Waals surface area contributed by atoms with Crippen LogP contribution in [-0.2, 0) is 0 Å². The maximum atomic E-state index is 5.84. The Bertz CT molecular complexity index is 299. The zero-order valence-corrected chi connectivity index (χ0v) is 9.26. The van der Waals surface area contributed by atoms with Gasteiger partial charge in [0.25, 0.3) is 0 Å². The molecule has 5 heteroatoms. The molecule has 0 radical (unpaired) electrons. The molecule has 2 N–H and O–H groups in total. The van der Waals surface area contributed by atoms with Gasteiger partial charge in [-0.15, -0.1) is 5.10 Å². The number of rotatable bonds is 2. The number of hydrogen-bond acceptors (Lipinski definition) is 4. The molecule has 0 spiro atoms. The predicted octanol–water partition coefficient (Wildman–Crippen LogP) is 1.59. The fourth-order valence-corrected chi connectivity index (χ4v) is 2.26. The van der Waals surface area contributed by atoms with Gasteiger partial charge in [0, 0.05) is 0 Å². The number of tetrazole rings is 1. The van der Waals surface area contributed by atoms with Crippen molar-refractivity contribution in [2.75, 3.05) is 0 Å². The summed E-state index contributed by atoms with van der Waals surface area (Å²) in [5.41, 5.74) is 5.84. The summed E-state index contributed by atoms with van der Waals surface area (Å²) in [5, 5.41) is 11.8. The summed E-state index contributed by atoms with van der Waals surface area (Å²) in [4.78, 5) is 0. The van der Waals surface area contributed by atoms with Gasteiger partial charge < -0.3 is 5.73 Å². The van der Waals surface area contributed by atoms with Gasteiger partial charge in [0.05, 0.1) is 12.1 Å². The molecule has 0 aliphatic heterocycles. The Hall–Kier alpha value is -0.970. The Labute approximate surface area is 90.0 Å². The first-order valence-electron chi connectivity index (χ1n) is 5.82. The molecular weight excluding hydrogens is 190 g/mol. The minimum Gasteiger partial charge on any atom is -0.322 e. The van der Waals surface area contributed by atoms with Crippen LogP contribution in [0.4, 0.5) is 0 Å². The molecule has 1 heterocycles. The molecule has 0 amide bonds. The molecule has 15 heavy (non-hydrogen) atoms. The molecule has 1 fully saturated rings. The first kappa shape index (κ1) is 10.5. The highest BCUT2D eigenvalue weighted by Crippen LogP contribution is 2.27.